The van der Waals surface area contributed by atoms with E-state index in [-0.39, 0.29) is 6.10 Å². The van der Waals surface area contributed by atoms with Crippen molar-refractivity contribution in [1.82, 2.24) is 4.90 Å². The molecule has 2 fully saturated rings. The summed E-state index contributed by atoms with van der Waals surface area (Å²) in [4.78, 5) is 2.52. The number of aliphatic hydroxyl groups is 1. The molecule has 0 bridgehead atoms. The number of rotatable bonds is 4. The highest BCUT2D eigenvalue weighted by Crippen LogP contribution is 2.33. The molecule has 2 nitrogen and oxygen atoms in total. The summed E-state index contributed by atoms with van der Waals surface area (Å²) in [7, 11) is 0. The van der Waals surface area contributed by atoms with Crippen molar-refractivity contribution in [2.75, 3.05) is 19.6 Å². The van der Waals surface area contributed by atoms with Crippen LogP contribution in [0.5, 0.6) is 0 Å². The molecule has 1 saturated carbocycles. The van der Waals surface area contributed by atoms with Gasteiger partial charge in [-0.3, -0.25) is 0 Å². The van der Waals surface area contributed by atoms with Crippen molar-refractivity contribution in [3.05, 3.63) is 0 Å². The first-order chi connectivity index (χ1) is 6.25. The standard InChI is InChI=1S/C11H21NO/c1-9(13)11-5-7-12(8-11)6-4-10-2-3-10/h9-11,13H,2-8H2,1H3. The first-order valence-electron chi connectivity index (χ1n) is 5.66. The zero-order chi connectivity index (χ0) is 9.26. The fourth-order valence-electron chi connectivity index (χ4n) is 2.23. The Labute approximate surface area is 80.9 Å². The van der Waals surface area contributed by atoms with E-state index in [9.17, 15) is 5.11 Å². The van der Waals surface area contributed by atoms with Crippen molar-refractivity contribution in [2.45, 2.75) is 38.7 Å². The zero-order valence-electron chi connectivity index (χ0n) is 8.58. The van der Waals surface area contributed by atoms with Crippen LogP contribution in [0.3, 0.4) is 0 Å². The van der Waals surface area contributed by atoms with Gasteiger partial charge in [0, 0.05) is 6.54 Å². The van der Waals surface area contributed by atoms with E-state index in [0.29, 0.717) is 5.92 Å². The van der Waals surface area contributed by atoms with Crippen LogP contribution in [0, 0.1) is 11.8 Å². The van der Waals surface area contributed by atoms with Gasteiger partial charge in [-0.25, -0.2) is 0 Å². The molecule has 13 heavy (non-hydrogen) atoms. The molecule has 0 spiro atoms. The highest BCUT2D eigenvalue weighted by atomic mass is 16.3. The van der Waals surface area contributed by atoms with Gasteiger partial charge in [-0.05, 0) is 44.7 Å². The summed E-state index contributed by atoms with van der Waals surface area (Å²) < 4.78 is 0. The van der Waals surface area contributed by atoms with Crippen molar-refractivity contribution in [1.29, 1.82) is 0 Å². The molecule has 1 aliphatic carbocycles. The summed E-state index contributed by atoms with van der Waals surface area (Å²) in [6, 6.07) is 0. The number of likely N-dealkylation sites (tertiary alicyclic amines) is 1. The summed E-state index contributed by atoms with van der Waals surface area (Å²) in [6.45, 7) is 5.54. The molecule has 0 radical (unpaired) electrons. The highest BCUT2D eigenvalue weighted by Gasteiger charge is 2.27. The van der Waals surface area contributed by atoms with E-state index in [2.05, 4.69) is 4.90 Å². The average molecular weight is 183 g/mol. The van der Waals surface area contributed by atoms with E-state index in [0.717, 1.165) is 12.5 Å². The van der Waals surface area contributed by atoms with Gasteiger partial charge >= 0.3 is 0 Å². The molecule has 0 amide bonds. The predicted molar refractivity (Wildman–Crippen MR) is 53.6 cm³/mol. The number of hydrogen-bond donors (Lipinski definition) is 1. The molecule has 2 aliphatic rings. The topological polar surface area (TPSA) is 23.5 Å². The molecule has 1 saturated heterocycles. The van der Waals surface area contributed by atoms with Crippen LogP contribution in [0.15, 0.2) is 0 Å². The van der Waals surface area contributed by atoms with Crippen molar-refractivity contribution in [3.63, 3.8) is 0 Å². The fourth-order valence-corrected chi connectivity index (χ4v) is 2.23. The Bertz CT molecular complexity index is 165. The van der Waals surface area contributed by atoms with Crippen LogP contribution in [0.25, 0.3) is 0 Å². The van der Waals surface area contributed by atoms with Crippen LogP contribution in [-0.4, -0.2) is 35.7 Å². The van der Waals surface area contributed by atoms with Crippen LogP contribution in [0.4, 0.5) is 0 Å². The van der Waals surface area contributed by atoms with E-state index >= 15 is 0 Å². The van der Waals surface area contributed by atoms with E-state index in [1.54, 1.807) is 0 Å². The second-order valence-corrected chi connectivity index (χ2v) is 4.82. The smallest absolute Gasteiger partial charge is 0.0552 e. The summed E-state index contributed by atoms with van der Waals surface area (Å²) in [5.41, 5.74) is 0. The summed E-state index contributed by atoms with van der Waals surface area (Å²) in [5, 5.41) is 9.43. The molecule has 76 valence electrons. The number of aliphatic hydroxyl groups excluding tert-OH is 1. The molecule has 2 heteroatoms. The molecule has 2 unspecified atom stereocenters. The Balaban J connectivity index is 1.65. The van der Waals surface area contributed by atoms with E-state index in [1.165, 1.54) is 38.8 Å². The lowest BCUT2D eigenvalue weighted by Crippen LogP contribution is -2.25. The Hall–Kier alpha value is -0.0800. The van der Waals surface area contributed by atoms with E-state index < -0.39 is 0 Å². The molecule has 2 rings (SSSR count). The quantitative estimate of drug-likeness (QED) is 0.714. The minimum atomic E-state index is -0.106. The van der Waals surface area contributed by atoms with Crippen LogP contribution in [-0.2, 0) is 0 Å². The molecule has 0 aromatic carbocycles. The molecule has 1 heterocycles. The Kier molecular flexibility index (Phi) is 2.89. The third kappa shape index (κ3) is 2.68. The first kappa shape index (κ1) is 9.47. The lowest BCUT2D eigenvalue weighted by atomic mass is 10.0. The molecule has 1 aliphatic heterocycles. The maximum Gasteiger partial charge on any atom is 0.0552 e. The lowest BCUT2D eigenvalue weighted by Gasteiger charge is -2.16. The van der Waals surface area contributed by atoms with Crippen LogP contribution >= 0.6 is 0 Å². The minimum absolute atomic E-state index is 0.106. The molecular weight excluding hydrogens is 162 g/mol. The molecule has 1 N–H and O–H groups in total. The van der Waals surface area contributed by atoms with Crippen LogP contribution < -0.4 is 0 Å². The Morgan fingerprint density at radius 1 is 1.38 bits per heavy atom. The number of hydrogen-bond acceptors (Lipinski definition) is 2. The second kappa shape index (κ2) is 3.97. The summed E-state index contributed by atoms with van der Waals surface area (Å²) in [5.74, 6) is 1.59. The molecule has 0 aromatic rings. The molecule has 2 atom stereocenters. The van der Waals surface area contributed by atoms with Crippen molar-refractivity contribution >= 4 is 0 Å². The molecular formula is C11H21NO. The minimum Gasteiger partial charge on any atom is -0.393 e. The fraction of sp³-hybridized carbons (Fsp3) is 1.00. The van der Waals surface area contributed by atoms with Crippen molar-refractivity contribution in [3.8, 4) is 0 Å². The highest BCUT2D eigenvalue weighted by molar-refractivity contribution is 4.81. The maximum absolute atomic E-state index is 9.43. The summed E-state index contributed by atoms with van der Waals surface area (Å²) in [6.07, 6.45) is 5.42. The van der Waals surface area contributed by atoms with Gasteiger partial charge in [-0.15, -0.1) is 0 Å². The second-order valence-electron chi connectivity index (χ2n) is 4.82. The lowest BCUT2D eigenvalue weighted by molar-refractivity contribution is 0.127. The SMILES string of the molecule is CC(O)C1CCN(CCC2CC2)C1. The monoisotopic (exact) mass is 183 g/mol. The van der Waals surface area contributed by atoms with Crippen molar-refractivity contribution in [2.24, 2.45) is 11.8 Å². The largest absolute Gasteiger partial charge is 0.393 e. The summed E-state index contributed by atoms with van der Waals surface area (Å²) >= 11 is 0. The third-order valence-electron chi connectivity index (χ3n) is 3.54. The van der Waals surface area contributed by atoms with Gasteiger partial charge in [0.15, 0.2) is 0 Å². The van der Waals surface area contributed by atoms with E-state index in [4.69, 9.17) is 0 Å². The van der Waals surface area contributed by atoms with Gasteiger partial charge in [0.05, 0.1) is 6.10 Å². The maximum atomic E-state index is 9.43. The Morgan fingerprint density at radius 3 is 2.69 bits per heavy atom. The average Bonchev–Trinajstić information content (AvgIpc) is 2.79. The zero-order valence-corrected chi connectivity index (χ0v) is 8.58. The normalized spacial score (nSPS) is 32.3. The van der Waals surface area contributed by atoms with Gasteiger partial charge in [0.1, 0.15) is 0 Å². The van der Waals surface area contributed by atoms with Crippen molar-refractivity contribution < 1.29 is 5.11 Å². The Morgan fingerprint density at radius 2 is 2.15 bits per heavy atom. The molecule has 0 aromatic heterocycles. The van der Waals surface area contributed by atoms with Crippen LogP contribution in [0.2, 0.25) is 0 Å². The van der Waals surface area contributed by atoms with Gasteiger partial charge in [-0.1, -0.05) is 12.8 Å². The number of nitrogens with zero attached hydrogens (tertiary/aromatic N) is 1. The van der Waals surface area contributed by atoms with E-state index in [1.807, 2.05) is 6.92 Å². The van der Waals surface area contributed by atoms with Crippen LogP contribution in [0.1, 0.15) is 32.6 Å². The van der Waals surface area contributed by atoms with Gasteiger partial charge in [0.2, 0.25) is 0 Å². The van der Waals surface area contributed by atoms with Gasteiger partial charge in [-0.2, -0.15) is 0 Å². The predicted octanol–water partition coefficient (Wildman–Crippen LogP) is 1.49. The van der Waals surface area contributed by atoms with Gasteiger partial charge in [0.25, 0.3) is 0 Å². The van der Waals surface area contributed by atoms with Gasteiger partial charge < -0.3 is 10.0 Å². The first-order valence-corrected chi connectivity index (χ1v) is 5.66. The third-order valence-corrected chi connectivity index (χ3v) is 3.54.